The number of nitrogens with zero attached hydrogens (tertiary/aromatic N) is 1. The molecule has 3 rings (SSSR count). The predicted molar refractivity (Wildman–Crippen MR) is 96.4 cm³/mol. The van der Waals surface area contributed by atoms with Gasteiger partial charge in [0.1, 0.15) is 5.82 Å². The Morgan fingerprint density at radius 3 is 2.38 bits per heavy atom. The van der Waals surface area contributed by atoms with E-state index in [-0.39, 0.29) is 11.7 Å². The van der Waals surface area contributed by atoms with Crippen LogP contribution in [0.2, 0.25) is 0 Å². The molecule has 1 aliphatic heterocycles. The monoisotopic (exact) mass is 335 g/mol. The van der Waals surface area contributed by atoms with Crippen molar-refractivity contribution in [2.24, 2.45) is 0 Å². The number of hydrogen-bond donors (Lipinski definition) is 2. The van der Waals surface area contributed by atoms with Gasteiger partial charge in [-0.15, -0.1) is 0 Å². The number of likely N-dealkylation sites (tertiary alicyclic amines) is 1. The molecule has 2 aliphatic rings. The standard InChI is InChI=1S/C19H30FN3O/c1-2-24-15-5-3-14(4-6-15)23-11-9-13(10-12-23)18-16(20)7-8-17(21)19(18)22/h7-8,13-15H,2-6,9-12,21-22H2,1H3/t14-,15-. The molecule has 0 atom stereocenters. The minimum atomic E-state index is -0.211. The van der Waals surface area contributed by atoms with E-state index in [1.165, 1.54) is 18.9 Å². The van der Waals surface area contributed by atoms with Crippen molar-refractivity contribution in [3.63, 3.8) is 0 Å². The minimum Gasteiger partial charge on any atom is -0.397 e. The van der Waals surface area contributed by atoms with Gasteiger partial charge in [-0.25, -0.2) is 4.39 Å². The highest BCUT2D eigenvalue weighted by molar-refractivity contribution is 5.68. The Bertz CT molecular complexity index is 550. The normalized spacial score (nSPS) is 26.6. The second kappa shape index (κ2) is 7.70. The molecular weight excluding hydrogens is 305 g/mol. The molecule has 4 N–H and O–H groups in total. The third-order valence-corrected chi connectivity index (χ3v) is 5.77. The van der Waals surface area contributed by atoms with E-state index >= 15 is 0 Å². The molecule has 4 nitrogen and oxygen atoms in total. The maximum atomic E-state index is 14.2. The number of benzene rings is 1. The number of nitrogen functional groups attached to an aromatic ring is 2. The first-order valence-electron chi connectivity index (χ1n) is 9.29. The van der Waals surface area contributed by atoms with Gasteiger partial charge in [0, 0.05) is 18.2 Å². The lowest BCUT2D eigenvalue weighted by atomic mass is 9.85. The third-order valence-electron chi connectivity index (χ3n) is 5.77. The van der Waals surface area contributed by atoms with E-state index < -0.39 is 0 Å². The highest BCUT2D eigenvalue weighted by Gasteiger charge is 2.31. The number of nitrogens with two attached hydrogens (primary N) is 2. The molecule has 0 bridgehead atoms. The van der Waals surface area contributed by atoms with Crippen LogP contribution in [0.3, 0.4) is 0 Å². The summed E-state index contributed by atoms with van der Waals surface area (Å²) in [6.07, 6.45) is 7.11. The summed E-state index contributed by atoms with van der Waals surface area (Å²) in [6, 6.07) is 3.66. The van der Waals surface area contributed by atoms with Gasteiger partial charge in [-0.3, -0.25) is 0 Å². The van der Waals surface area contributed by atoms with Crippen LogP contribution in [0.25, 0.3) is 0 Å². The highest BCUT2D eigenvalue weighted by atomic mass is 19.1. The van der Waals surface area contributed by atoms with Crippen molar-refractivity contribution in [3.8, 4) is 0 Å². The number of piperidine rings is 1. The summed E-state index contributed by atoms with van der Waals surface area (Å²) in [5.74, 6) is -0.0260. The van der Waals surface area contributed by atoms with Crippen LogP contribution in [0.5, 0.6) is 0 Å². The van der Waals surface area contributed by atoms with Gasteiger partial charge in [-0.05, 0) is 76.6 Å². The van der Waals surface area contributed by atoms with Crippen LogP contribution >= 0.6 is 0 Å². The van der Waals surface area contributed by atoms with Gasteiger partial charge in [-0.1, -0.05) is 0 Å². The van der Waals surface area contributed by atoms with Crippen molar-refractivity contribution in [2.75, 3.05) is 31.2 Å². The molecule has 24 heavy (non-hydrogen) atoms. The second-order valence-corrected chi connectivity index (χ2v) is 7.16. The maximum absolute atomic E-state index is 14.2. The average molecular weight is 335 g/mol. The molecule has 0 unspecified atom stereocenters. The van der Waals surface area contributed by atoms with E-state index in [2.05, 4.69) is 11.8 Å². The Balaban J connectivity index is 1.56. The molecule has 5 heteroatoms. The molecule has 0 aromatic heterocycles. The van der Waals surface area contributed by atoms with E-state index in [9.17, 15) is 4.39 Å². The molecule has 1 heterocycles. The van der Waals surface area contributed by atoms with Gasteiger partial charge in [0.2, 0.25) is 0 Å². The van der Waals surface area contributed by atoms with Crippen LogP contribution in [-0.4, -0.2) is 36.7 Å². The predicted octanol–water partition coefficient (Wildman–Crippen LogP) is 3.52. The van der Waals surface area contributed by atoms with Crippen molar-refractivity contribution in [1.29, 1.82) is 0 Å². The summed E-state index contributed by atoms with van der Waals surface area (Å²) in [5, 5.41) is 0. The van der Waals surface area contributed by atoms with Crippen LogP contribution in [-0.2, 0) is 4.74 Å². The van der Waals surface area contributed by atoms with Crippen molar-refractivity contribution in [3.05, 3.63) is 23.5 Å². The fraction of sp³-hybridized carbons (Fsp3) is 0.684. The fourth-order valence-electron chi connectivity index (χ4n) is 4.41. The van der Waals surface area contributed by atoms with E-state index in [0.29, 0.717) is 29.1 Å². The SMILES string of the molecule is CCO[C@H]1CC[C@H](N2CCC(c3c(F)ccc(N)c3N)CC2)CC1. The maximum Gasteiger partial charge on any atom is 0.128 e. The van der Waals surface area contributed by atoms with Crippen LogP contribution in [0.15, 0.2) is 12.1 Å². The lowest BCUT2D eigenvalue weighted by molar-refractivity contribution is 0.00941. The van der Waals surface area contributed by atoms with E-state index in [1.807, 2.05) is 0 Å². The Morgan fingerprint density at radius 2 is 1.75 bits per heavy atom. The first kappa shape index (κ1) is 17.5. The van der Waals surface area contributed by atoms with E-state index in [4.69, 9.17) is 16.2 Å². The van der Waals surface area contributed by atoms with Crippen molar-refractivity contribution >= 4 is 11.4 Å². The molecule has 0 spiro atoms. The van der Waals surface area contributed by atoms with Gasteiger partial charge in [-0.2, -0.15) is 0 Å². The van der Waals surface area contributed by atoms with Crippen molar-refractivity contribution in [2.45, 2.75) is 63.5 Å². The molecule has 1 aliphatic carbocycles. The third kappa shape index (κ3) is 3.67. The lowest BCUT2D eigenvalue weighted by Crippen LogP contribution is -2.43. The Labute approximate surface area is 144 Å². The summed E-state index contributed by atoms with van der Waals surface area (Å²) in [5.41, 5.74) is 13.5. The molecule has 1 aromatic rings. The van der Waals surface area contributed by atoms with Crippen molar-refractivity contribution in [1.82, 2.24) is 4.90 Å². The van der Waals surface area contributed by atoms with Gasteiger partial charge < -0.3 is 21.1 Å². The zero-order chi connectivity index (χ0) is 17.1. The zero-order valence-electron chi connectivity index (χ0n) is 14.6. The molecule has 1 aromatic carbocycles. The quantitative estimate of drug-likeness (QED) is 0.826. The van der Waals surface area contributed by atoms with Crippen LogP contribution in [0.1, 0.15) is 56.9 Å². The van der Waals surface area contributed by atoms with Crippen molar-refractivity contribution < 1.29 is 9.13 Å². The number of halogens is 1. The molecule has 0 amide bonds. The Morgan fingerprint density at radius 1 is 1.08 bits per heavy atom. The summed E-state index contributed by atoms with van der Waals surface area (Å²) >= 11 is 0. The van der Waals surface area contributed by atoms with Gasteiger partial charge in [0.05, 0.1) is 17.5 Å². The summed E-state index contributed by atoms with van der Waals surface area (Å²) < 4.78 is 20.0. The van der Waals surface area contributed by atoms with Gasteiger partial charge in [0.15, 0.2) is 0 Å². The zero-order valence-corrected chi connectivity index (χ0v) is 14.6. The molecular formula is C19H30FN3O. The molecule has 0 radical (unpaired) electrons. The first-order chi connectivity index (χ1) is 11.6. The second-order valence-electron chi connectivity index (χ2n) is 7.16. The van der Waals surface area contributed by atoms with E-state index in [0.717, 1.165) is 45.4 Å². The number of hydrogen-bond acceptors (Lipinski definition) is 4. The molecule has 1 saturated heterocycles. The molecule has 2 fully saturated rings. The largest absolute Gasteiger partial charge is 0.397 e. The van der Waals surface area contributed by atoms with Crippen LogP contribution < -0.4 is 11.5 Å². The topological polar surface area (TPSA) is 64.5 Å². The average Bonchev–Trinajstić information content (AvgIpc) is 2.60. The molecule has 1 saturated carbocycles. The number of anilines is 2. The summed E-state index contributed by atoms with van der Waals surface area (Å²) in [7, 11) is 0. The van der Waals surface area contributed by atoms with Crippen LogP contribution in [0, 0.1) is 5.82 Å². The Hall–Kier alpha value is -1.33. The minimum absolute atomic E-state index is 0.185. The van der Waals surface area contributed by atoms with Gasteiger partial charge >= 0.3 is 0 Å². The van der Waals surface area contributed by atoms with Crippen LogP contribution in [0.4, 0.5) is 15.8 Å². The number of ether oxygens (including phenoxy) is 1. The summed E-state index contributed by atoms with van der Waals surface area (Å²) in [4.78, 5) is 2.58. The molecule has 134 valence electrons. The fourth-order valence-corrected chi connectivity index (χ4v) is 4.41. The lowest BCUT2D eigenvalue weighted by Gasteiger charge is -2.41. The van der Waals surface area contributed by atoms with E-state index in [1.54, 1.807) is 6.07 Å². The first-order valence-corrected chi connectivity index (χ1v) is 9.29. The highest BCUT2D eigenvalue weighted by Crippen LogP contribution is 2.37. The van der Waals surface area contributed by atoms with Gasteiger partial charge in [0.25, 0.3) is 0 Å². The Kier molecular flexibility index (Phi) is 5.61. The number of rotatable bonds is 4. The smallest absolute Gasteiger partial charge is 0.128 e. The summed E-state index contributed by atoms with van der Waals surface area (Å²) in [6.45, 7) is 4.91.